The Morgan fingerprint density at radius 2 is 2.42 bits per heavy atom. The molecule has 2 heteroatoms. The molecule has 0 fully saturated rings. The molecular weight excluding hydrogens is 148 g/mol. The van der Waals surface area contributed by atoms with Crippen LogP contribution in [0.5, 0.6) is 0 Å². The summed E-state index contributed by atoms with van der Waals surface area (Å²) in [6, 6.07) is 0.625. The van der Waals surface area contributed by atoms with E-state index >= 15 is 0 Å². The number of rotatable bonds is 3. The van der Waals surface area contributed by atoms with Crippen LogP contribution in [-0.2, 0) is 0 Å². The lowest BCUT2D eigenvalue weighted by Crippen LogP contribution is -2.32. The van der Waals surface area contributed by atoms with E-state index in [-0.39, 0.29) is 0 Å². The van der Waals surface area contributed by atoms with Crippen molar-refractivity contribution >= 4 is 0 Å². The van der Waals surface area contributed by atoms with E-state index in [1.165, 1.54) is 25.1 Å². The monoisotopic (exact) mass is 168 g/mol. The van der Waals surface area contributed by atoms with Crippen molar-refractivity contribution in [2.45, 2.75) is 32.7 Å². The maximum Gasteiger partial charge on any atom is 0.0227 e. The number of hydrogen-bond donors (Lipinski definition) is 1. The van der Waals surface area contributed by atoms with Gasteiger partial charge in [-0.1, -0.05) is 13.0 Å². The second-order valence-corrected chi connectivity index (χ2v) is 3.70. The highest BCUT2D eigenvalue weighted by Gasteiger charge is 2.08. The molecule has 0 aromatic rings. The maximum absolute atomic E-state index is 3.52. The molecule has 1 heterocycles. The Morgan fingerprint density at radius 1 is 1.67 bits per heavy atom. The van der Waals surface area contributed by atoms with Crippen LogP contribution in [0.3, 0.4) is 0 Å². The van der Waals surface area contributed by atoms with Crippen molar-refractivity contribution in [1.29, 1.82) is 0 Å². The SMILES string of the molecule is CCC(C)NC1=CCN(C)CC1. The van der Waals surface area contributed by atoms with Crippen LogP contribution in [0.15, 0.2) is 11.8 Å². The van der Waals surface area contributed by atoms with E-state index in [1.54, 1.807) is 0 Å². The smallest absolute Gasteiger partial charge is 0.0227 e. The van der Waals surface area contributed by atoms with Crippen molar-refractivity contribution in [1.82, 2.24) is 10.2 Å². The third-order valence-electron chi connectivity index (χ3n) is 2.46. The van der Waals surface area contributed by atoms with Crippen LogP contribution in [0.25, 0.3) is 0 Å². The Hall–Kier alpha value is -0.500. The third kappa shape index (κ3) is 2.86. The second-order valence-electron chi connectivity index (χ2n) is 3.70. The van der Waals surface area contributed by atoms with Gasteiger partial charge in [-0.3, -0.25) is 0 Å². The topological polar surface area (TPSA) is 15.3 Å². The largest absolute Gasteiger partial charge is 0.386 e. The molecule has 12 heavy (non-hydrogen) atoms. The molecule has 0 radical (unpaired) electrons. The Bertz CT molecular complexity index is 163. The van der Waals surface area contributed by atoms with Gasteiger partial charge in [-0.2, -0.15) is 0 Å². The summed E-state index contributed by atoms with van der Waals surface area (Å²) < 4.78 is 0. The Balaban J connectivity index is 2.33. The van der Waals surface area contributed by atoms with Gasteiger partial charge in [0.15, 0.2) is 0 Å². The normalized spacial score (nSPS) is 21.8. The first-order valence-corrected chi connectivity index (χ1v) is 4.86. The predicted octanol–water partition coefficient (Wildman–Crippen LogP) is 1.59. The molecule has 1 rings (SSSR count). The fraction of sp³-hybridized carbons (Fsp3) is 0.800. The molecule has 0 aromatic carbocycles. The van der Waals surface area contributed by atoms with Gasteiger partial charge >= 0.3 is 0 Å². The zero-order valence-electron chi connectivity index (χ0n) is 8.43. The molecule has 1 atom stereocenters. The lowest BCUT2D eigenvalue weighted by Gasteiger charge is -2.24. The van der Waals surface area contributed by atoms with Gasteiger partial charge in [0.05, 0.1) is 0 Å². The van der Waals surface area contributed by atoms with Gasteiger partial charge in [-0.05, 0) is 26.8 Å². The van der Waals surface area contributed by atoms with E-state index in [0.29, 0.717) is 6.04 Å². The highest BCUT2D eigenvalue weighted by atomic mass is 15.1. The van der Waals surface area contributed by atoms with Crippen LogP contribution in [0.4, 0.5) is 0 Å². The van der Waals surface area contributed by atoms with Crippen molar-refractivity contribution in [2.24, 2.45) is 0 Å². The summed E-state index contributed by atoms with van der Waals surface area (Å²) in [5.74, 6) is 0. The minimum Gasteiger partial charge on any atom is -0.386 e. The molecular formula is C10H20N2. The Morgan fingerprint density at radius 3 is 2.92 bits per heavy atom. The van der Waals surface area contributed by atoms with E-state index in [0.717, 1.165) is 6.54 Å². The van der Waals surface area contributed by atoms with Crippen LogP contribution < -0.4 is 5.32 Å². The lowest BCUT2D eigenvalue weighted by atomic mass is 10.1. The molecule has 70 valence electrons. The molecule has 1 aliphatic heterocycles. The first kappa shape index (κ1) is 9.59. The quantitative estimate of drug-likeness (QED) is 0.688. The number of likely N-dealkylation sites (N-methyl/N-ethyl adjacent to an activating group) is 1. The summed E-state index contributed by atoms with van der Waals surface area (Å²) in [7, 11) is 2.16. The van der Waals surface area contributed by atoms with Crippen LogP contribution in [0.1, 0.15) is 26.7 Å². The van der Waals surface area contributed by atoms with Crippen LogP contribution in [0, 0.1) is 0 Å². The molecule has 1 aliphatic rings. The van der Waals surface area contributed by atoms with Gasteiger partial charge < -0.3 is 10.2 Å². The summed E-state index contributed by atoms with van der Waals surface area (Å²) in [5.41, 5.74) is 1.43. The highest BCUT2D eigenvalue weighted by molar-refractivity contribution is 5.05. The number of nitrogens with one attached hydrogen (secondary N) is 1. The molecule has 0 amide bonds. The minimum atomic E-state index is 0.625. The van der Waals surface area contributed by atoms with Crippen molar-refractivity contribution < 1.29 is 0 Å². The average molecular weight is 168 g/mol. The molecule has 2 nitrogen and oxygen atoms in total. The molecule has 0 bridgehead atoms. The van der Waals surface area contributed by atoms with Gasteiger partial charge in [0.1, 0.15) is 0 Å². The zero-order valence-corrected chi connectivity index (χ0v) is 8.43. The zero-order chi connectivity index (χ0) is 8.97. The van der Waals surface area contributed by atoms with Crippen molar-refractivity contribution in [3.8, 4) is 0 Å². The summed E-state index contributed by atoms with van der Waals surface area (Å²) in [6.45, 7) is 6.74. The van der Waals surface area contributed by atoms with Gasteiger partial charge in [-0.25, -0.2) is 0 Å². The van der Waals surface area contributed by atoms with Crippen LogP contribution in [0.2, 0.25) is 0 Å². The standard InChI is InChI=1S/C10H20N2/c1-4-9(2)11-10-5-7-12(3)8-6-10/h5,9,11H,4,6-8H2,1-3H3. The van der Waals surface area contributed by atoms with Gasteiger partial charge in [0.25, 0.3) is 0 Å². The van der Waals surface area contributed by atoms with Gasteiger partial charge in [0, 0.05) is 24.8 Å². The van der Waals surface area contributed by atoms with E-state index < -0.39 is 0 Å². The van der Waals surface area contributed by atoms with Crippen molar-refractivity contribution in [2.75, 3.05) is 20.1 Å². The van der Waals surface area contributed by atoms with Crippen molar-refractivity contribution in [3.05, 3.63) is 11.8 Å². The molecule has 0 spiro atoms. The first-order valence-electron chi connectivity index (χ1n) is 4.86. The fourth-order valence-corrected chi connectivity index (χ4v) is 1.32. The van der Waals surface area contributed by atoms with E-state index in [2.05, 4.69) is 37.2 Å². The average Bonchev–Trinajstić information content (AvgIpc) is 2.09. The third-order valence-corrected chi connectivity index (χ3v) is 2.46. The Labute approximate surface area is 75.6 Å². The van der Waals surface area contributed by atoms with E-state index in [1.807, 2.05) is 0 Å². The minimum absolute atomic E-state index is 0.625. The molecule has 0 aliphatic carbocycles. The second kappa shape index (κ2) is 4.51. The molecule has 0 saturated heterocycles. The fourth-order valence-electron chi connectivity index (χ4n) is 1.32. The summed E-state index contributed by atoms with van der Waals surface area (Å²) in [5, 5.41) is 3.52. The molecule has 0 aromatic heterocycles. The summed E-state index contributed by atoms with van der Waals surface area (Å²) in [4.78, 5) is 2.34. The van der Waals surface area contributed by atoms with E-state index in [9.17, 15) is 0 Å². The molecule has 1 unspecified atom stereocenters. The first-order chi connectivity index (χ1) is 5.72. The maximum atomic E-state index is 3.52. The molecule has 0 saturated carbocycles. The predicted molar refractivity (Wildman–Crippen MR) is 53.1 cm³/mol. The number of nitrogens with zero attached hydrogens (tertiary/aromatic N) is 1. The van der Waals surface area contributed by atoms with Gasteiger partial charge in [0.2, 0.25) is 0 Å². The number of hydrogen-bond acceptors (Lipinski definition) is 2. The van der Waals surface area contributed by atoms with Crippen LogP contribution >= 0.6 is 0 Å². The summed E-state index contributed by atoms with van der Waals surface area (Å²) >= 11 is 0. The van der Waals surface area contributed by atoms with Crippen molar-refractivity contribution in [3.63, 3.8) is 0 Å². The molecule has 1 N–H and O–H groups in total. The van der Waals surface area contributed by atoms with E-state index in [4.69, 9.17) is 0 Å². The van der Waals surface area contributed by atoms with Gasteiger partial charge in [-0.15, -0.1) is 0 Å². The van der Waals surface area contributed by atoms with Crippen LogP contribution in [-0.4, -0.2) is 31.1 Å². The highest BCUT2D eigenvalue weighted by Crippen LogP contribution is 2.07. The lowest BCUT2D eigenvalue weighted by molar-refractivity contribution is 0.349. The summed E-state index contributed by atoms with van der Waals surface area (Å²) in [6.07, 6.45) is 4.68. The Kier molecular flexibility index (Phi) is 3.60.